The fraction of sp³-hybridized carbons (Fsp3) is 0.360. The molecule has 0 fully saturated rings. The highest BCUT2D eigenvalue weighted by Gasteiger charge is 2.29. The van der Waals surface area contributed by atoms with Crippen LogP contribution in [0.25, 0.3) is 0 Å². The first-order chi connectivity index (χ1) is 27.8. The smallest absolute Gasteiger partial charge is 0.383 e. The maximum atomic E-state index is 11.2. The van der Waals surface area contributed by atoms with Crippen LogP contribution in [0.15, 0.2) is 24.8 Å². The molecule has 0 bridgehead atoms. The van der Waals surface area contributed by atoms with Gasteiger partial charge in [0, 0.05) is 59.8 Å². The van der Waals surface area contributed by atoms with Crippen LogP contribution in [0.4, 0.5) is 23.3 Å². The van der Waals surface area contributed by atoms with Gasteiger partial charge in [-0.15, -0.1) is 0 Å². The minimum atomic E-state index is -4.76. The van der Waals surface area contributed by atoms with Crippen LogP contribution >= 0.6 is 48.4 Å². The van der Waals surface area contributed by atoms with Crippen LogP contribution in [0.2, 0.25) is 0 Å². The lowest BCUT2D eigenvalue weighted by atomic mass is 10.3. The lowest BCUT2D eigenvalue weighted by molar-refractivity contribution is 0.188. The number of nitrogens with one attached hydrogen (secondary N) is 1. The quantitative estimate of drug-likeness (QED) is 0.0599. The highest BCUT2D eigenvalue weighted by Crippen LogP contribution is 2.57. The van der Waals surface area contributed by atoms with E-state index in [4.69, 9.17) is 61.7 Å². The fourth-order valence-electron chi connectivity index (χ4n) is 3.49. The number of phosphoric acid groups is 2. The third-order valence-electron chi connectivity index (χ3n) is 6.08. The summed E-state index contributed by atoms with van der Waals surface area (Å²) in [5.74, 6) is 3.39. The van der Waals surface area contributed by atoms with Crippen molar-refractivity contribution in [1.29, 1.82) is 0 Å². The van der Waals surface area contributed by atoms with E-state index in [1.165, 1.54) is 24.8 Å². The Balaban J connectivity index is 0.000000409. The average Bonchev–Trinajstić information content (AvgIpc) is 3.08. The number of nitrogens with two attached hydrogens (primary N) is 3. The Bertz CT molecular complexity index is 2250. The topological polar surface area (TPSA) is 437 Å². The van der Waals surface area contributed by atoms with Crippen LogP contribution in [0.3, 0.4) is 0 Å². The molecule has 4 unspecified atom stereocenters. The second-order valence-corrected chi connectivity index (χ2v) is 21.0. The molecular formula is C25H40B3N12O15P5S. The van der Waals surface area contributed by atoms with Gasteiger partial charge in [-0.2, -0.15) is 0 Å². The molecule has 4 atom stereocenters. The number of hydrogen-bond donors (Lipinski definition) is 10. The standard InChI is InChI=1S/C7H12N3O4P.C6H10BN3O6P2.C6H9BN3O3P.C6H9BN3O2PS/c1-5-9-3-6(7(8-2)10-5)4-14-15(11,12)13;1-4-9-2-5(6(8)10-4)3-15-18(13,14)16-17(7,11)12;1-4-9-2-5(6(8)10-4)3-13-14(7,11)12;1-4-9-2-5(6(8)10-4)3-14-13(7,11)12/h3H,4H2,1-2H3,(H,8,9,10)(H2,11,12,13);2H,3H2,1H3,(H,11,12)(H,13,14)(H2,8,9,10);2*2H,3H2,1H3,(H,11,12)(H2,8,9,10). The van der Waals surface area contributed by atoms with Gasteiger partial charge in [-0.05, 0) is 27.7 Å². The molecule has 61 heavy (non-hydrogen) atoms. The zero-order chi connectivity index (χ0) is 47.0. The van der Waals surface area contributed by atoms with Gasteiger partial charge in [0.1, 0.15) is 46.6 Å². The molecule has 0 amide bonds. The van der Waals surface area contributed by atoms with Crippen molar-refractivity contribution in [1.82, 2.24) is 39.9 Å². The molecule has 4 aromatic rings. The molecule has 330 valence electrons. The van der Waals surface area contributed by atoms with Crippen molar-refractivity contribution in [3.8, 4) is 0 Å². The summed E-state index contributed by atoms with van der Waals surface area (Å²) in [5.41, 5.74) is 18.3. The molecule has 0 aliphatic heterocycles. The number of nitrogens with zero attached hydrogens (tertiary/aromatic N) is 8. The number of phosphoric ester groups is 2. The van der Waals surface area contributed by atoms with E-state index in [2.05, 4.69) is 70.6 Å². The predicted molar refractivity (Wildman–Crippen MR) is 225 cm³/mol. The Hall–Kier alpha value is -3.19. The van der Waals surface area contributed by atoms with E-state index in [0.717, 1.165) is 11.4 Å². The van der Waals surface area contributed by atoms with Crippen molar-refractivity contribution in [2.75, 3.05) is 29.6 Å². The number of aryl methyl sites for hydroxylation is 4. The molecule has 0 saturated heterocycles. The van der Waals surface area contributed by atoms with E-state index in [0.29, 0.717) is 51.6 Å². The Kier molecular flexibility index (Phi) is 22.5. The zero-order valence-corrected chi connectivity index (χ0v) is 38.0. The van der Waals surface area contributed by atoms with Crippen molar-refractivity contribution >= 4 is 94.4 Å². The molecule has 4 aromatic heterocycles. The third kappa shape index (κ3) is 26.1. The largest absolute Gasteiger partial charge is 0.479 e. The molecule has 0 aliphatic carbocycles. The summed E-state index contributed by atoms with van der Waals surface area (Å²) < 4.78 is 70.7. The number of hydrogen-bond acceptors (Lipinski definition) is 22. The molecule has 13 N–H and O–H groups in total. The van der Waals surface area contributed by atoms with Crippen molar-refractivity contribution in [2.45, 2.75) is 53.3 Å². The van der Waals surface area contributed by atoms with Crippen molar-refractivity contribution in [2.24, 2.45) is 0 Å². The molecule has 0 aromatic carbocycles. The number of anilines is 4. The van der Waals surface area contributed by atoms with Crippen LogP contribution in [0.1, 0.15) is 45.6 Å². The monoisotopic (exact) mass is 968 g/mol. The average molecular weight is 968 g/mol. The van der Waals surface area contributed by atoms with Gasteiger partial charge in [-0.25, -0.2) is 53.3 Å². The Morgan fingerprint density at radius 1 is 0.590 bits per heavy atom. The van der Waals surface area contributed by atoms with Gasteiger partial charge in [0.2, 0.25) is 22.7 Å². The van der Waals surface area contributed by atoms with E-state index in [1.807, 2.05) is 0 Å². The highest BCUT2D eigenvalue weighted by atomic mass is 32.7. The van der Waals surface area contributed by atoms with Crippen LogP contribution in [-0.2, 0) is 66.3 Å². The third-order valence-corrected chi connectivity index (χ3v) is 11.6. The van der Waals surface area contributed by atoms with Crippen LogP contribution in [0, 0.1) is 27.7 Å². The number of aromatic nitrogens is 8. The van der Waals surface area contributed by atoms with Gasteiger partial charge < -0.3 is 56.4 Å². The van der Waals surface area contributed by atoms with Crippen molar-refractivity contribution in [3.05, 3.63) is 70.3 Å². The second kappa shape index (κ2) is 24.6. The maximum absolute atomic E-state index is 11.2. The van der Waals surface area contributed by atoms with Crippen LogP contribution in [-0.4, -0.2) is 99.0 Å². The summed E-state index contributed by atoms with van der Waals surface area (Å²) in [6.45, 7) is 5.83. The molecule has 0 saturated carbocycles. The normalized spacial score (nSPS) is 15.0. The van der Waals surface area contributed by atoms with E-state index >= 15 is 0 Å². The fourth-order valence-corrected chi connectivity index (χ4v) is 7.31. The van der Waals surface area contributed by atoms with Gasteiger partial charge >= 0.3 is 15.6 Å². The van der Waals surface area contributed by atoms with Gasteiger partial charge in [0.15, 0.2) is 6.45 Å². The first kappa shape index (κ1) is 55.8. The molecular weight excluding hydrogens is 928 g/mol. The Morgan fingerprint density at radius 3 is 1.33 bits per heavy atom. The van der Waals surface area contributed by atoms with Gasteiger partial charge in [-0.1, -0.05) is 11.4 Å². The van der Waals surface area contributed by atoms with Crippen molar-refractivity contribution < 1.29 is 70.1 Å². The van der Waals surface area contributed by atoms with Crippen molar-refractivity contribution in [3.63, 3.8) is 0 Å². The van der Waals surface area contributed by atoms with E-state index in [9.17, 15) is 22.8 Å². The zero-order valence-electron chi connectivity index (χ0n) is 32.7. The lowest BCUT2D eigenvalue weighted by Gasteiger charge is -2.14. The molecule has 4 heterocycles. The van der Waals surface area contributed by atoms with E-state index < -0.39 is 43.7 Å². The Labute approximate surface area is 356 Å². The first-order valence-electron chi connectivity index (χ1n) is 16.0. The van der Waals surface area contributed by atoms with Gasteiger partial charge in [0.25, 0.3) is 14.9 Å². The van der Waals surface area contributed by atoms with E-state index in [1.54, 1.807) is 34.7 Å². The number of rotatable bonds is 15. The molecule has 0 aliphatic rings. The summed E-state index contributed by atoms with van der Waals surface area (Å²) in [6.07, 6.45) is 2.15. The predicted octanol–water partition coefficient (Wildman–Crippen LogP) is 1.73. The molecule has 4 rings (SSSR count). The lowest BCUT2D eigenvalue weighted by Crippen LogP contribution is -2.03. The highest BCUT2D eigenvalue weighted by molar-refractivity contribution is 8.62. The summed E-state index contributed by atoms with van der Waals surface area (Å²) in [5, 5.41) is 2.79. The molecule has 27 nitrogen and oxygen atoms in total. The second-order valence-electron chi connectivity index (χ2n) is 11.4. The molecule has 6 radical (unpaired) electrons. The Morgan fingerprint density at radius 2 is 0.967 bits per heavy atom. The minimum Gasteiger partial charge on any atom is -0.383 e. The van der Waals surface area contributed by atoms with E-state index in [-0.39, 0.29) is 36.2 Å². The summed E-state index contributed by atoms with van der Waals surface area (Å²) >= 11 is 0.736. The molecule has 36 heteroatoms. The van der Waals surface area contributed by atoms with Gasteiger partial charge in [0.05, 0.1) is 19.8 Å². The first-order valence-corrected chi connectivity index (χ1v) is 25.7. The summed E-state index contributed by atoms with van der Waals surface area (Å²) in [6, 6.07) is 0. The maximum Gasteiger partial charge on any atom is 0.479 e. The number of nitrogen functional groups attached to an aromatic ring is 3. The minimum absolute atomic E-state index is 0.0578. The van der Waals surface area contributed by atoms with Crippen LogP contribution in [0.5, 0.6) is 0 Å². The van der Waals surface area contributed by atoms with Crippen LogP contribution < -0.4 is 22.5 Å². The SMILES string of the molecule is CNc1nc(C)ncc1COP(=O)(O)O.[B]P(=O)(O)OCc1cnc(C)nc1N.[B]P(=O)(O)OP(=O)(O)OCc1cnc(C)nc1N.[B]P(=O)(O)SCc1cnc(C)nc1N. The summed E-state index contributed by atoms with van der Waals surface area (Å²) in [7, 11) is -1.87. The molecule has 0 spiro atoms. The summed E-state index contributed by atoms with van der Waals surface area (Å²) in [4.78, 5) is 83.3. The van der Waals surface area contributed by atoms with Gasteiger partial charge in [-0.3, -0.25) is 22.7 Å².